The Bertz CT molecular complexity index is 396. The lowest BCUT2D eigenvalue weighted by molar-refractivity contribution is 0.0945. The van der Waals surface area contributed by atoms with E-state index < -0.39 is 0 Å². The molecular formula is C12H15Cl2NO2. The monoisotopic (exact) mass is 275 g/mol. The van der Waals surface area contributed by atoms with Gasteiger partial charge in [0.1, 0.15) is 0 Å². The van der Waals surface area contributed by atoms with E-state index in [1.54, 1.807) is 12.1 Å². The van der Waals surface area contributed by atoms with E-state index >= 15 is 0 Å². The van der Waals surface area contributed by atoms with Gasteiger partial charge in [0.15, 0.2) is 0 Å². The van der Waals surface area contributed by atoms with E-state index in [0.29, 0.717) is 28.6 Å². The minimum atomic E-state index is -0.248. The summed E-state index contributed by atoms with van der Waals surface area (Å²) in [6.45, 7) is 2.58. The highest BCUT2D eigenvalue weighted by Gasteiger charge is 2.11. The Morgan fingerprint density at radius 3 is 2.82 bits per heavy atom. The van der Waals surface area contributed by atoms with Crippen LogP contribution in [0, 0.1) is 5.92 Å². The number of aliphatic hydroxyl groups excluding tert-OH is 1. The summed E-state index contributed by atoms with van der Waals surface area (Å²) in [6.07, 6.45) is 0.656. The number of benzene rings is 1. The highest BCUT2D eigenvalue weighted by molar-refractivity contribution is 6.35. The second-order valence-corrected chi connectivity index (χ2v) is 4.80. The van der Waals surface area contributed by atoms with Crippen LogP contribution in [0.3, 0.4) is 0 Å². The van der Waals surface area contributed by atoms with Gasteiger partial charge in [-0.15, -0.1) is 0 Å². The lowest BCUT2D eigenvalue weighted by Crippen LogP contribution is -2.28. The van der Waals surface area contributed by atoms with Crippen molar-refractivity contribution in [2.75, 3.05) is 13.2 Å². The van der Waals surface area contributed by atoms with Crippen LogP contribution in [0.4, 0.5) is 0 Å². The Labute approximate surface area is 111 Å². The lowest BCUT2D eigenvalue weighted by atomic mass is 10.1. The Morgan fingerprint density at radius 2 is 2.18 bits per heavy atom. The van der Waals surface area contributed by atoms with Gasteiger partial charge >= 0.3 is 0 Å². The minimum Gasteiger partial charge on any atom is -0.396 e. The third-order valence-electron chi connectivity index (χ3n) is 2.41. The minimum absolute atomic E-state index is 0.120. The summed E-state index contributed by atoms with van der Waals surface area (Å²) in [6, 6.07) is 4.76. The molecule has 17 heavy (non-hydrogen) atoms. The van der Waals surface area contributed by atoms with Crippen molar-refractivity contribution in [1.82, 2.24) is 5.32 Å². The van der Waals surface area contributed by atoms with Gasteiger partial charge in [-0.3, -0.25) is 4.79 Å². The topological polar surface area (TPSA) is 49.3 Å². The number of carbonyl (C=O) groups is 1. The number of amides is 1. The number of halogens is 2. The molecular weight excluding hydrogens is 261 g/mol. The van der Waals surface area contributed by atoms with Crippen LogP contribution in [0.25, 0.3) is 0 Å². The second-order valence-electron chi connectivity index (χ2n) is 3.95. The normalized spacial score (nSPS) is 12.2. The van der Waals surface area contributed by atoms with E-state index in [0.717, 1.165) is 0 Å². The van der Waals surface area contributed by atoms with Gasteiger partial charge in [0.05, 0.1) is 10.6 Å². The molecule has 0 spiro atoms. The molecule has 2 N–H and O–H groups in total. The van der Waals surface area contributed by atoms with E-state index in [1.165, 1.54) is 6.07 Å². The molecule has 94 valence electrons. The quantitative estimate of drug-likeness (QED) is 0.868. The molecule has 3 nitrogen and oxygen atoms in total. The summed E-state index contributed by atoms with van der Waals surface area (Å²) in [5, 5.41) is 12.4. The molecule has 1 amide bonds. The van der Waals surface area contributed by atoms with Crippen LogP contribution >= 0.6 is 23.2 Å². The van der Waals surface area contributed by atoms with E-state index in [1.807, 2.05) is 6.92 Å². The summed E-state index contributed by atoms with van der Waals surface area (Å²) in [5.74, 6) is -0.0239. The van der Waals surface area contributed by atoms with E-state index in [-0.39, 0.29) is 18.4 Å². The fourth-order valence-corrected chi connectivity index (χ4v) is 1.73. The molecule has 0 saturated heterocycles. The van der Waals surface area contributed by atoms with Gasteiger partial charge < -0.3 is 10.4 Å². The molecule has 0 aliphatic rings. The van der Waals surface area contributed by atoms with Crippen molar-refractivity contribution in [3.05, 3.63) is 33.8 Å². The Balaban J connectivity index is 2.61. The average Bonchev–Trinajstić information content (AvgIpc) is 2.29. The molecule has 1 rings (SSSR count). The molecule has 5 heteroatoms. The van der Waals surface area contributed by atoms with Crippen LogP contribution in [-0.2, 0) is 0 Å². The fourth-order valence-electron chi connectivity index (χ4n) is 1.36. The fraction of sp³-hybridized carbons (Fsp3) is 0.417. The molecule has 0 saturated carbocycles. The predicted octanol–water partition coefficient (Wildman–Crippen LogP) is 2.74. The van der Waals surface area contributed by atoms with E-state index in [2.05, 4.69) is 5.32 Å². The van der Waals surface area contributed by atoms with Crippen molar-refractivity contribution in [2.24, 2.45) is 5.92 Å². The molecule has 0 aliphatic heterocycles. The molecule has 0 aromatic heterocycles. The number of aliphatic hydroxyl groups is 1. The molecule has 0 fully saturated rings. The van der Waals surface area contributed by atoms with Crippen molar-refractivity contribution in [3.63, 3.8) is 0 Å². The lowest BCUT2D eigenvalue weighted by Gasteiger charge is -2.11. The Kier molecular flexibility index (Phi) is 5.75. The number of rotatable bonds is 5. The standard InChI is InChI=1S/C12H15Cl2NO2/c1-8(4-5-16)7-15-12(17)10-6-9(13)2-3-11(10)14/h2-3,6,8,16H,4-5,7H2,1H3,(H,15,17). The smallest absolute Gasteiger partial charge is 0.252 e. The first kappa shape index (κ1) is 14.3. The van der Waals surface area contributed by atoms with Crippen LogP contribution in [0.2, 0.25) is 10.0 Å². The first-order valence-electron chi connectivity index (χ1n) is 5.38. The van der Waals surface area contributed by atoms with Gasteiger partial charge in [0.25, 0.3) is 5.91 Å². The summed E-state index contributed by atoms with van der Waals surface area (Å²) < 4.78 is 0. The zero-order chi connectivity index (χ0) is 12.8. The van der Waals surface area contributed by atoms with Crippen LogP contribution in [0.1, 0.15) is 23.7 Å². The van der Waals surface area contributed by atoms with Gasteiger partial charge in [-0.05, 0) is 30.5 Å². The van der Waals surface area contributed by atoms with Gasteiger partial charge in [-0.25, -0.2) is 0 Å². The SMILES string of the molecule is CC(CCO)CNC(=O)c1cc(Cl)ccc1Cl. The second kappa shape index (κ2) is 6.84. The number of nitrogens with one attached hydrogen (secondary N) is 1. The summed E-state index contributed by atoms with van der Waals surface area (Å²) in [7, 11) is 0. The van der Waals surface area contributed by atoms with Gasteiger partial charge in [0.2, 0.25) is 0 Å². The van der Waals surface area contributed by atoms with Crippen molar-refractivity contribution in [2.45, 2.75) is 13.3 Å². The van der Waals surface area contributed by atoms with Gasteiger partial charge in [-0.1, -0.05) is 30.1 Å². The third kappa shape index (κ3) is 4.54. The van der Waals surface area contributed by atoms with Crippen LogP contribution in [0.5, 0.6) is 0 Å². The predicted molar refractivity (Wildman–Crippen MR) is 69.7 cm³/mol. The van der Waals surface area contributed by atoms with Crippen LogP contribution in [0.15, 0.2) is 18.2 Å². The summed E-state index contributed by atoms with van der Waals surface area (Å²) in [5.41, 5.74) is 0.371. The molecule has 1 atom stereocenters. The van der Waals surface area contributed by atoms with E-state index in [4.69, 9.17) is 28.3 Å². The van der Waals surface area contributed by atoms with Crippen LogP contribution in [-0.4, -0.2) is 24.2 Å². The van der Waals surface area contributed by atoms with Gasteiger partial charge in [0, 0.05) is 18.2 Å². The molecule has 0 heterocycles. The van der Waals surface area contributed by atoms with E-state index in [9.17, 15) is 4.79 Å². The Hall–Kier alpha value is -0.770. The van der Waals surface area contributed by atoms with Crippen molar-refractivity contribution >= 4 is 29.1 Å². The number of hydrogen-bond donors (Lipinski definition) is 2. The maximum absolute atomic E-state index is 11.8. The number of carbonyl (C=O) groups excluding carboxylic acids is 1. The largest absolute Gasteiger partial charge is 0.396 e. The highest BCUT2D eigenvalue weighted by atomic mass is 35.5. The number of hydrogen-bond acceptors (Lipinski definition) is 2. The summed E-state index contributed by atoms with van der Waals surface area (Å²) in [4.78, 5) is 11.8. The van der Waals surface area contributed by atoms with Crippen molar-refractivity contribution < 1.29 is 9.90 Å². The zero-order valence-corrected chi connectivity index (χ0v) is 11.1. The Morgan fingerprint density at radius 1 is 1.47 bits per heavy atom. The molecule has 0 radical (unpaired) electrons. The van der Waals surface area contributed by atoms with Gasteiger partial charge in [-0.2, -0.15) is 0 Å². The molecule has 0 bridgehead atoms. The maximum Gasteiger partial charge on any atom is 0.252 e. The highest BCUT2D eigenvalue weighted by Crippen LogP contribution is 2.20. The molecule has 1 aromatic rings. The van der Waals surface area contributed by atoms with Crippen molar-refractivity contribution in [1.29, 1.82) is 0 Å². The van der Waals surface area contributed by atoms with Crippen molar-refractivity contribution in [3.8, 4) is 0 Å². The van der Waals surface area contributed by atoms with Crippen LogP contribution < -0.4 is 5.32 Å². The summed E-state index contributed by atoms with van der Waals surface area (Å²) >= 11 is 11.7. The molecule has 1 aromatic carbocycles. The first-order valence-corrected chi connectivity index (χ1v) is 6.14. The maximum atomic E-state index is 11.8. The zero-order valence-electron chi connectivity index (χ0n) is 9.54. The average molecular weight is 276 g/mol. The molecule has 0 aliphatic carbocycles. The first-order chi connectivity index (χ1) is 8.04. The third-order valence-corrected chi connectivity index (χ3v) is 2.97. The molecule has 1 unspecified atom stereocenters.